The van der Waals surface area contributed by atoms with E-state index in [-0.39, 0.29) is 5.91 Å². The van der Waals surface area contributed by atoms with Gasteiger partial charge in [-0.15, -0.1) is 11.8 Å². The smallest absolute Gasteiger partial charge is 0.230 e. The molecular weight excluding hydrogens is 282 g/mol. The van der Waals surface area contributed by atoms with Gasteiger partial charge in [0, 0.05) is 11.8 Å². The third kappa shape index (κ3) is 6.42. The predicted molar refractivity (Wildman–Crippen MR) is 88.8 cm³/mol. The fourth-order valence-corrected chi connectivity index (χ4v) is 3.19. The van der Waals surface area contributed by atoms with Crippen molar-refractivity contribution in [2.75, 3.05) is 18.1 Å². The lowest BCUT2D eigenvalue weighted by Gasteiger charge is -2.26. The quantitative estimate of drug-likeness (QED) is 0.784. The first-order valence-corrected chi connectivity index (χ1v) is 8.94. The Kier molecular flexibility index (Phi) is 6.93. The Balaban J connectivity index is 1.51. The monoisotopic (exact) mass is 307 g/mol. The van der Waals surface area contributed by atoms with Gasteiger partial charge in [0.25, 0.3) is 0 Å². The van der Waals surface area contributed by atoms with Crippen LogP contribution in [0, 0.1) is 5.92 Å². The van der Waals surface area contributed by atoms with Crippen molar-refractivity contribution in [1.82, 2.24) is 5.32 Å². The zero-order valence-electron chi connectivity index (χ0n) is 12.7. The molecule has 116 valence electrons. The van der Waals surface area contributed by atoms with E-state index in [1.54, 1.807) is 11.8 Å². The molecule has 1 aromatic rings. The Labute approximate surface area is 131 Å². The first-order chi connectivity index (χ1) is 10.2. The molecule has 4 heteroatoms. The molecule has 0 atom stereocenters. The number of carbonyl (C=O) groups excluding carboxylic acids is 1. The van der Waals surface area contributed by atoms with Crippen LogP contribution in [0.4, 0.5) is 0 Å². The summed E-state index contributed by atoms with van der Waals surface area (Å²) in [5, 5.41) is 3.15. The number of nitrogens with one attached hydrogen (secondary N) is 1. The molecule has 0 radical (unpaired) electrons. The highest BCUT2D eigenvalue weighted by Gasteiger charge is 2.19. The fourth-order valence-electron chi connectivity index (χ4n) is 2.57. The average molecular weight is 307 g/mol. The van der Waals surface area contributed by atoms with Crippen LogP contribution in [0.15, 0.2) is 30.3 Å². The number of ether oxygens (including phenoxy) is 1. The molecule has 1 aliphatic carbocycles. The molecule has 1 aliphatic rings. The molecule has 0 bridgehead atoms. The Morgan fingerprint density at radius 3 is 2.67 bits per heavy atom. The Morgan fingerprint density at radius 1 is 1.24 bits per heavy atom. The maximum Gasteiger partial charge on any atom is 0.230 e. The average Bonchev–Trinajstić information content (AvgIpc) is 2.50. The van der Waals surface area contributed by atoms with Gasteiger partial charge in [0.2, 0.25) is 5.91 Å². The highest BCUT2D eigenvalue weighted by molar-refractivity contribution is 7.99. The predicted octanol–water partition coefficient (Wildman–Crippen LogP) is 3.49. The molecule has 1 amide bonds. The van der Waals surface area contributed by atoms with Gasteiger partial charge >= 0.3 is 0 Å². The van der Waals surface area contributed by atoms with Gasteiger partial charge in [-0.25, -0.2) is 0 Å². The number of para-hydroxylation sites is 1. The van der Waals surface area contributed by atoms with Crippen LogP contribution in [0.1, 0.15) is 32.6 Å². The van der Waals surface area contributed by atoms with Gasteiger partial charge in [0.1, 0.15) is 5.75 Å². The summed E-state index contributed by atoms with van der Waals surface area (Å²) in [7, 11) is 0. The van der Waals surface area contributed by atoms with Gasteiger partial charge < -0.3 is 10.1 Å². The highest BCUT2D eigenvalue weighted by atomic mass is 32.2. The second-order valence-electron chi connectivity index (χ2n) is 5.74. The van der Waals surface area contributed by atoms with Crippen LogP contribution in [-0.4, -0.2) is 30.1 Å². The van der Waals surface area contributed by atoms with E-state index in [1.165, 1.54) is 12.8 Å². The van der Waals surface area contributed by atoms with Crippen LogP contribution in [0.5, 0.6) is 5.75 Å². The van der Waals surface area contributed by atoms with Gasteiger partial charge in [0.15, 0.2) is 0 Å². The molecule has 0 unspecified atom stereocenters. The molecule has 3 nitrogen and oxygen atoms in total. The number of carbonyl (C=O) groups is 1. The van der Waals surface area contributed by atoms with E-state index in [1.807, 2.05) is 30.3 Å². The van der Waals surface area contributed by atoms with Gasteiger partial charge in [0.05, 0.1) is 12.4 Å². The molecule has 1 aromatic carbocycles. The number of amides is 1. The lowest BCUT2D eigenvalue weighted by atomic mass is 9.87. The van der Waals surface area contributed by atoms with Crippen molar-refractivity contribution in [2.24, 2.45) is 5.92 Å². The SMILES string of the molecule is CC1CCC(NC(=O)CSCCOc2ccccc2)CC1. The maximum absolute atomic E-state index is 11.9. The Morgan fingerprint density at radius 2 is 1.95 bits per heavy atom. The first kappa shape index (κ1) is 16.2. The lowest BCUT2D eigenvalue weighted by molar-refractivity contribution is -0.119. The first-order valence-electron chi connectivity index (χ1n) is 7.79. The van der Waals surface area contributed by atoms with E-state index in [0.29, 0.717) is 18.4 Å². The van der Waals surface area contributed by atoms with E-state index < -0.39 is 0 Å². The number of thioether (sulfide) groups is 1. The second kappa shape index (κ2) is 8.98. The Hall–Kier alpha value is -1.16. The van der Waals surface area contributed by atoms with Crippen LogP contribution in [0.2, 0.25) is 0 Å². The third-order valence-corrected chi connectivity index (χ3v) is 4.78. The van der Waals surface area contributed by atoms with Crippen molar-refractivity contribution in [1.29, 1.82) is 0 Å². The summed E-state index contributed by atoms with van der Waals surface area (Å²) in [6, 6.07) is 10.2. The van der Waals surface area contributed by atoms with E-state index in [4.69, 9.17) is 4.74 Å². The van der Waals surface area contributed by atoms with Crippen LogP contribution in [0.25, 0.3) is 0 Å². The van der Waals surface area contributed by atoms with E-state index in [9.17, 15) is 4.79 Å². The summed E-state index contributed by atoms with van der Waals surface area (Å²) in [5.41, 5.74) is 0. The third-order valence-electron chi connectivity index (χ3n) is 3.85. The van der Waals surface area contributed by atoms with E-state index in [0.717, 1.165) is 30.3 Å². The van der Waals surface area contributed by atoms with Crippen LogP contribution < -0.4 is 10.1 Å². The van der Waals surface area contributed by atoms with Crippen LogP contribution in [-0.2, 0) is 4.79 Å². The van der Waals surface area contributed by atoms with Gasteiger partial charge in [-0.05, 0) is 43.7 Å². The molecule has 0 aromatic heterocycles. The molecule has 1 N–H and O–H groups in total. The topological polar surface area (TPSA) is 38.3 Å². The van der Waals surface area contributed by atoms with Gasteiger partial charge in [-0.3, -0.25) is 4.79 Å². The summed E-state index contributed by atoms with van der Waals surface area (Å²) < 4.78 is 5.60. The van der Waals surface area contributed by atoms with Crippen molar-refractivity contribution in [3.63, 3.8) is 0 Å². The molecule has 1 saturated carbocycles. The lowest BCUT2D eigenvalue weighted by Crippen LogP contribution is -2.38. The number of hydrogen-bond acceptors (Lipinski definition) is 3. The van der Waals surface area contributed by atoms with Crippen LogP contribution in [0.3, 0.4) is 0 Å². The molecule has 0 spiro atoms. The summed E-state index contributed by atoms with van der Waals surface area (Å²) in [6.45, 7) is 2.93. The minimum atomic E-state index is 0.166. The zero-order valence-corrected chi connectivity index (χ0v) is 13.5. The van der Waals surface area contributed by atoms with Crippen molar-refractivity contribution in [3.05, 3.63) is 30.3 Å². The molecular formula is C17H25NO2S. The van der Waals surface area contributed by atoms with E-state index in [2.05, 4.69) is 12.2 Å². The zero-order chi connectivity index (χ0) is 14.9. The van der Waals surface area contributed by atoms with Crippen molar-refractivity contribution >= 4 is 17.7 Å². The summed E-state index contributed by atoms with van der Waals surface area (Å²) in [5.74, 6) is 3.25. The summed E-state index contributed by atoms with van der Waals surface area (Å²) in [6.07, 6.45) is 4.75. The van der Waals surface area contributed by atoms with Crippen molar-refractivity contribution < 1.29 is 9.53 Å². The van der Waals surface area contributed by atoms with Crippen molar-refractivity contribution in [3.8, 4) is 5.75 Å². The number of hydrogen-bond donors (Lipinski definition) is 1. The molecule has 0 aliphatic heterocycles. The normalized spacial score (nSPS) is 21.8. The highest BCUT2D eigenvalue weighted by Crippen LogP contribution is 2.23. The fraction of sp³-hybridized carbons (Fsp3) is 0.588. The van der Waals surface area contributed by atoms with Crippen LogP contribution >= 0.6 is 11.8 Å². The maximum atomic E-state index is 11.9. The largest absolute Gasteiger partial charge is 0.493 e. The summed E-state index contributed by atoms with van der Waals surface area (Å²) >= 11 is 1.63. The minimum Gasteiger partial charge on any atom is -0.493 e. The summed E-state index contributed by atoms with van der Waals surface area (Å²) in [4.78, 5) is 11.9. The molecule has 0 heterocycles. The molecule has 0 saturated heterocycles. The second-order valence-corrected chi connectivity index (χ2v) is 6.84. The number of benzene rings is 1. The number of rotatable bonds is 7. The molecule has 1 fully saturated rings. The minimum absolute atomic E-state index is 0.166. The van der Waals surface area contributed by atoms with E-state index >= 15 is 0 Å². The van der Waals surface area contributed by atoms with Gasteiger partial charge in [-0.1, -0.05) is 25.1 Å². The molecule has 2 rings (SSSR count). The van der Waals surface area contributed by atoms with Crippen molar-refractivity contribution in [2.45, 2.75) is 38.6 Å². The Bertz CT molecular complexity index is 416. The molecule has 21 heavy (non-hydrogen) atoms. The van der Waals surface area contributed by atoms with Gasteiger partial charge in [-0.2, -0.15) is 0 Å². The standard InChI is InChI=1S/C17H25NO2S/c1-14-7-9-15(10-8-14)18-17(19)13-21-12-11-20-16-5-3-2-4-6-16/h2-6,14-15H,7-13H2,1H3,(H,18,19).